The van der Waals surface area contributed by atoms with Crippen LogP contribution in [-0.2, 0) is 0 Å². The normalized spacial score (nSPS) is 10.6. The molecule has 1 amide bonds. The molecule has 0 aliphatic rings. The van der Waals surface area contributed by atoms with Gasteiger partial charge >= 0.3 is 6.01 Å². The molecule has 134 valence electrons. The van der Waals surface area contributed by atoms with Crippen LogP contribution in [0.4, 0.5) is 6.01 Å². The number of nitrogens with one attached hydrogen (secondary N) is 1. The number of ether oxygens (including phenoxy) is 1. The molecule has 0 fully saturated rings. The molecule has 1 N–H and O–H groups in total. The van der Waals surface area contributed by atoms with Crippen molar-refractivity contribution in [1.29, 1.82) is 0 Å². The molecule has 27 heavy (non-hydrogen) atoms. The summed E-state index contributed by atoms with van der Waals surface area (Å²) in [5, 5.41) is 13.7. The van der Waals surface area contributed by atoms with Crippen molar-refractivity contribution >= 4 is 11.9 Å². The van der Waals surface area contributed by atoms with Gasteiger partial charge in [-0.25, -0.2) is 0 Å². The van der Waals surface area contributed by atoms with Gasteiger partial charge in [0.15, 0.2) is 0 Å². The molecule has 4 rings (SSSR count). The van der Waals surface area contributed by atoms with E-state index in [0.29, 0.717) is 22.8 Å². The van der Waals surface area contributed by atoms with E-state index < -0.39 is 5.91 Å². The molecule has 0 radical (unpaired) electrons. The number of amides is 1. The first-order valence-electron chi connectivity index (χ1n) is 7.85. The predicted molar refractivity (Wildman–Crippen MR) is 93.4 cm³/mol. The number of para-hydroxylation sites is 1. The molecule has 3 heterocycles. The van der Waals surface area contributed by atoms with Crippen LogP contribution in [0.25, 0.3) is 17.1 Å². The third kappa shape index (κ3) is 3.35. The van der Waals surface area contributed by atoms with Crippen LogP contribution in [0, 0.1) is 0 Å². The van der Waals surface area contributed by atoms with Crippen molar-refractivity contribution in [3.63, 3.8) is 0 Å². The van der Waals surface area contributed by atoms with Gasteiger partial charge in [0.25, 0.3) is 5.91 Å². The standard InChI is InChI=1S/C17H13N7O3/c1-26-12-7-8-13(18-9-12)14-10-27-17(19-14)20-16(25)15-21-22-23-24(15)11-5-3-2-4-6-11/h2-10H,1H3,(H,19,20,25). The van der Waals surface area contributed by atoms with E-state index in [1.54, 1.807) is 37.6 Å². The van der Waals surface area contributed by atoms with E-state index in [1.165, 1.54) is 10.9 Å². The first kappa shape index (κ1) is 16.4. The minimum Gasteiger partial charge on any atom is -0.495 e. The lowest BCUT2D eigenvalue weighted by Crippen LogP contribution is -2.18. The Hall–Kier alpha value is -4.08. The second kappa shape index (κ2) is 7.04. The highest BCUT2D eigenvalue weighted by Gasteiger charge is 2.19. The Balaban J connectivity index is 1.53. The van der Waals surface area contributed by atoms with Crippen LogP contribution >= 0.6 is 0 Å². The Kier molecular flexibility index (Phi) is 4.27. The van der Waals surface area contributed by atoms with Crippen LogP contribution in [0.3, 0.4) is 0 Å². The van der Waals surface area contributed by atoms with Crippen molar-refractivity contribution in [3.8, 4) is 22.8 Å². The van der Waals surface area contributed by atoms with Gasteiger partial charge in [0.2, 0.25) is 5.82 Å². The minimum absolute atomic E-state index is 0.00326. The molecule has 0 aliphatic carbocycles. The number of rotatable bonds is 5. The number of hydrogen-bond donors (Lipinski definition) is 1. The Morgan fingerprint density at radius 3 is 2.74 bits per heavy atom. The maximum Gasteiger partial charge on any atom is 0.302 e. The number of carbonyl (C=O) groups is 1. The number of tetrazole rings is 1. The van der Waals surface area contributed by atoms with Gasteiger partial charge in [-0.3, -0.25) is 15.1 Å². The van der Waals surface area contributed by atoms with Crippen molar-refractivity contribution in [1.82, 2.24) is 30.2 Å². The smallest absolute Gasteiger partial charge is 0.302 e. The summed E-state index contributed by atoms with van der Waals surface area (Å²) in [5.74, 6) is 0.0759. The van der Waals surface area contributed by atoms with E-state index in [0.717, 1.165) is 0 Å². The number of aromatic nitrogens is 6. The van der Waals surface area contributed by atoms with Gasteiger partial charge in [-0.05, 0) is 34.7 Å². The molecule has 0 saturated heterocycles. The monoisotopic (exact) mass is 363 g/mol. The number of oxazole rings is 1. The van der Waals surface area contributed by atoms with Crippen molar-refractivity contribution in [2.24, 2.45) is 0 Å². The molecule has 0 aliphatic heterocycles. The number of methoxy groups -OCH3 is 1. The van der Waals surface area contributed by atoms with Crippen LogP contribution < -0.4 is 10.1 Å². The molecule has 0 unspecified atom stereocenters. The summed E-state index contributed by atoms with van der Waals surface area (Å²) in [4.78, 5) is 20.9. The highest BCUT2D eigenvalue weighted by molar-refractivity contribution is 6.00. The fourth-order valence-electron chi connectivity index (χ4n) is 2.33. The summed E-state index contributed by atoms with van der Waals surface area (Å²) in [5.41, 5.74) is 1.70. The third-order valence-electron chi connectivity index (χ3n) is 3.63. The fraction of sp³-hybridized carbons (Fsp3) is 0.0588. The number of carbonyl (C=O) groups excluding carboxylic acids is 1. The van der Waals surface area contributed by atoms with Gasteiger partial charge in [0.05, 0.1) is 24.7 Å². The predicted octanol–water partition coefficient (Wildman–Crippen LogP) is 1.97. The summed E-state index contributed by atoms with van der Waals surface area (Å²) < 4.78 is 11.7. The van der Waals surface area contributed by atoms with Crippen molar-refractivity contribution in [3.05, 3.63) is 60.7 Å². The first-order chi connectivity index (χ1) is 13.2. The van der Waals surface area contributed by atoms with E-state index in [1.807, 2.05) is 18.2 Å². The highest BCUT2D eigenvalue weighted by atomic mass is 16.5. The number of nitrogens with zero attached hydrogens (tertiary/aromatic N) is 6. The molecule has 10 nitrogen and oxygen atoms in total. The van der Waals surface area contributed by atoms with Crippen molar-refractivity contribution in [2.45, 2.75) is 0 Å². The summed E-state index contributed by atoms with van der Waals surface area (Å²) >= 11 is 0. The molecule has 4 aromatic rings. The molecule has 1 aromatic carbocycles. The van der Waals surface area contributed by atoms with Crippen LogP contribution in [0.5, 0.6) is 5.75 Å². The fourth-order valence-corrected chi connectivity index (χ4v) is 2.33. The Morgan fingerprint density at radius 1 is 1.15 bits per heavy atom. The van der Waals surface area contributed by atoms with Crippen LogP contribution in [0.1, 0.15) is 10.6 Å². The van der Waals surface area contributed by atoms with E-state index >= 15 is 0 Å². The minimum atomic E-state index is -0.556. The lowest BCUT2D eigenvalue weighted by molar-refractivity contribution is 0.101. The average Bonchev–Trinajstić information content (AvgIpc) is 3.38. The molecular formula is C17H13N7O3. The quantitative estimate of drug-likeness (QED) is 0.571. The first-order valence-corrected chi connectivity index (χ1v) is 7.85. The van der Waals surface area contributed by atoms with Gasteiger partial charge in [-0.1, -0.05) is 18.2 Å². The maximum absolute atomic E-state index is 12.5. The lowest BCUT2D eigenvalue weighted by Gasteiger charge is -2.03. The summed E-state index contributed by atoms with van der Waals surface area (Å²) in [6, 6.07) is 12.6. The van der Waals surface area contributed by atoms with Crippen LogP contribution in [-0.4, -0.2) is 43.2 Å². The third-order valence-corrected chi connectivity index (χ3v) is 3.63. The Morgan fingerprint density at radius 2 is 2.00 bits per heavy atom. The second-order valence-corrected chi connectivity index (χ2v) is 5.33. The van der Waals surface area contributed by atoms with Gasteiger partial charge < -0.3 is 9.15 Å². The Bertz CT molecular complexity index is 1060. The van der Waals surface area contributed by atoms with Gasteiger partial charge in [0, 0.05) is 0 Å². The van der Waals surface area contributed by atoms with E-state index in [4.69, 9.17) is 9.15 Å². The molecule has 0 atom stereocenters. The zero-order chi connectivity index (χ0) is 18.6. The Labute approximate surface area is 152 Å². The molecule has 0 bridgehead atoms. The largest absolute Gasteiger partial charge is 0.495 e. The molecule has 0 saturated carbocycles. The van der Waals surface area contributed by atoms with Crippen LogP contribution in [0.2, 0.25) is 0 Å². The number of hydrogen-bond acceptors (Lipinski definition) is 8. The molecule has 3 aromatic heterocycles. The van der Waals surface area contributed by atoms with E-state index in [2.05, 4.69) is 30.8 Å². The molecular weight excluding hydrogens is 350 g/mol. The van der Waals surface area contributed by atoms with Crippen molar-refractivity contribution in [2.75, 3.05) is 12.4 Å². The van der Waals surface area contributed by atoms with Crippen molar-refractivity contribution < 1.29 is 13.9 Å². The summed E-state index contributed by atoms with van der Waals surface area (Å²) in [6.45, 7) is 0. The summed E-state index contributed by atoms with van der Waals surface area (Å²) in [7, 11) is 1.56. The van der Waals surface area contributed by atoms with E-state index in [9.17, 15) is 4.79 Å². The van der Waals surface area contributed by atoms with Crippen LogP contribution in [0.15, 0.2) is 59.3 Å². The highest BCUT2D eigenvalue weighted by Crippen LogP contribution is 2.21. The molecule has 10 heteroatoms. The zero-order valence-corrected chi connectivity index (χ0v) is 14.1. The second-order valence-electron chi connectivity index (χ2n) is 5.33. The molecule has 0 spiro atoms. The number of pyridine rings is 1. The maximum atomic E-state index is 12.5. The number of anilines is 1. The number of benzene rings is 1. The zero-order valence-electron chi connectivity index (χ0n) is 14.1. The average molecular weight is 363 g/mol. The SMILES string of the molecule is COc1ccc(-c2coc(NC(=O)c3nnnn3-c3ccccc3)n2)nc1. The van der Waals surface area contributed by atoms with Gasteiger partial charge in [0.1, 0.15) is 17.7 Å². The van der Waals surface area contributed by atoms with Gasteiger partial charge in [-0.2, -0.15) is 9.67 Å². The topological polar surface area (TPSA) is 121 Å². The van der Waals surface area contributed by atoms with Gasteiger partial charge in [-0.15, -0.1) is 5.10 Å². The summed E-state index contributed by atoms with van der Waals surface area (Å²) in [6.07, 6.45) is 2.96. The van der Waals surface area contributed by atoms with E-state index in [-0.39, 0.29) is 11.8 Å². The lowest BCUT2D eigenvalue weighted by atomic mass is 10.3.